The van der Waals surface area contributed by atoms with Crippen LogP contribution in [0.25, 0.3) is 0 Å². The Hall–Kier alpha value is -1.11. The van der Waals surface area contributed by atoms with E-state index in [0.717, 1.165) is 0 Å². The highest BCUT2D eigenvalue weighted by atomic mass is 32.1. The number of anilines is 1. The van der Waals surface area contributed by atoms with Crippen molar-refractivity contribution >= 4 is 24.2 Å². The third-order valence-electron chi connectivity index (χ3n) is 2.30. The Morgan fingerprint density at radius 2 is 2.18 bits per heavy atom. The maximum absolute atomic E-state index is 12.3. The van der Waals surface area contributed by atoms with Crippen molar-refractivity contribution in [3.63, 3.8) is 0 Å². The molecule has 1 aromatic heterocycles. The fourth-order valence-corrected chi connectivity index (χ4v) is 1.69. The molecular weight excluding hydrogens is 248 g/mol. The minimum absolute atomic E-state index is 0.192. The molecule has 0 spiro atoms. The van der Waals surface area contributed by atoms with Gasteiger partial charge in [0.15, 0.2) is 0 Å². The van der Waals surface area contributed by atoms with Gasteiger partial charge in [0, 0.05) is 6.42 Å². The first-order valence-corrected chi connectivity index (χ1v) is 5.81. The summed E-state index contributed by atoms with van der Waals surface area (Å²) in [5.74, 6) is 0.248. The molecule has 17 heavy (non-hydrogen) atoms. The summed E-state index contributed by atoms with van der Waals surface area (Å²) in [5, 5.41) is 6.62. The molecule has 1 amide bonds. The Bertz CT molecular complexity index is 407. The first-order chi connectivity index (χ1) is 7.95. The van der Waals surface area contributed by atoms with E-state index in [2.05, 4.69) is 23.0 Å². The van der Waals surface area contributed by atoms with Gasteiger partial charge < -0.3 is 5.32 Å². The number of aryl methyl sites for hydroxylation is 1. The number of carbonyl (C=O) groups is 1. The van der Waals surface area contributed by atoms with Crippen molar-refractivity contribution in [2.24, 2.45) is 0 Å². The SMILES string of the molecule is Cc1nn(CC(F)F)c(C)c1NC(=O)CCS. The largest absolute Gasteiger partial charge is 0.323 e. The average Bonchev–Trinajstić information content (AvgIpc) is 2.45. The highest BCUT2D eigenvalue weighted by Gasteiger charge is 2.16. The van der Waals surface area contributed by atoms with Gasteiger partial charge in [0.2, 0.25) is 5.91 Å². The number of hydrogen-bond donors (Lipinski definition) is 2. The molecule has 4 nitrogen and oxygen atoms in total. The van der Waals surface area contributed by atoms with Gasteiger partial charge in [0.25, 0.3) is 6.43 Å². The number of hydrogen-bond acceptors (Lipinski definition) is 3. The van der Waals surface area contributed by atoms with Gasteiger partial charge in [0.05, 0.1) is 17.1 Å². The van der Waals surface area contributed by atoms with Crippen LogP contribution in [-0.2, 0) is 11.3 Å². The highest BCUT2D eigenvalue weighted by Crippen LogP contribution is 2.20. The van der Waals surface area contributed by atoms with Gasteiger partial charge in [0.1, 0.15) is 6.54 Å². The van der Waals surface area contributed by atoms with E-state index in [1.165, 1.54) is 4.68 Å². The summed E-state index contributed by atoms with van der Waals surface area (Å²) in [4.78, 5) is 11.4. The molecule has 0 radical (unpaired) electrons. The number of rotatable bonds is 5. The van der Waals surface area contributed by atoms with Gasteiger partial charge in [-0.05, 0) is 19.6 Å². The number of aromatic nitrogens is 2. The molecule has 0 fully saturated rings. The molecule has 0 aliphatic rings. The van der Waals surface area contributed by atoms with E-state index in [9.17, 15) is 13.6 Å². The van der Waals surface area contributed by atoms with Crippen LogP contribution in [0.5, 0.6) is 0 Å². The zero-order valence-corrected chi connectivity index (χ0v) is 10.6. The molecule has 0 aliphatic carbocycles. The number of amides is 1. The van der Waals surface area contributed by atoms with Crippen LogP contribution in [0.3, 0.4) is 0 Å². The second-order valence-electron chi connectivity index (χ2n) is 3.64. The van der Waals surface area contributed by atoms with Gasteiger partial charge in [-0.25, -0.2) is 8.78 Å². The Morgan fingerprint density at radius 1 is 1.53 bits per heavy atom. The third-order valence-corrected chi connectivity index (χ3v) is 2.52. The second kappa shape index (κ2) is 6.00. The predicted octanol–water partition coefficient (Wildman–Crippen LogP) is 2.02. The monoisotopic (exact) mass is 263 g/mol. The van der Waals surface area contributed by atoms with Crippen molar-refractivity contribution in [2.45, 2.75) is 33.2 Å². The fourth-order valence-electron chi connectivity index (χ4n) is 1.49. The molecule has 1 heterocycles. The fraction of sp³-hybridized carbons (Fsp3) is 0.600. The molecule has 1 aromatic rings. The molecule has 0 saturated heterocycles. The molecule has 0 atom stereocenters. The smallest absolute Gasteiger partial charge is 0.257 e. The standard InChI is InChI=1S/C10H15F2N3OS/c1-6-10(13-9(16)3-4-17)7(2)15(14-6)5-8(11)12/h8,17H,3-5H2,1-2H3,(H,13,16). The Labute approximate surface area is 104 Å². The first kappa shape index (κ1) is 14.0. The summed E-state index contributed by atoms with van der Waals surface area (Å²) < 4.78 is 25.7. The van der Waals surface area contributed by atoms with Gasteiger partial charge in [-0.2, -0.15) is 17.7 Å². The van der Waals surface area contributed by atoms with Crippen molar-refractivity contribution in [1.29, 1.82) is 0 Å². The molecule has 0 aliphatic heterocycles. The van der Waals surface area contributed by atoms with Gasteiger partial charge >= 0.3 is 0 Å². The van der Waals surface area contributed by atoms with Gasteiger partial charge in [-0.3, -0.25) is 9.48 Å². The lowest BCUT2D eigenvalue weighted by Gasteiger charge is -2.06. The van der Waals surface area contributed by atoms with Crippen molar-refractivity contribution in [3.8, 4) is 0 Å². The summed E-state index contributed by atoms with van der Waals surface area (Å²) in [6, 6.07) is 0. The lowest BCUT2D eigenvalue weighted by molar-refractivity contribution is -0.115. The van der Waals surface area contributed by atoms with Crippen molar-refractivity contribution in [1.82, 2.24) is 9.78 Å². The van der Waals surface area contributed by atoms with Gasteiger partial charge in [-0.15, -0.1) is 0 Å². The summed E-state index contributed by atoms with van der Waals surface area (Å²) in [7, 11) is 0. The van der Waals surface area contributed by atoms with Crippen LogP contribution in [0.2, 0.25) is 0 Å². The molecule has 1 rings (SSSR count). The van der Waals surface area contributed by atoms with Crippen LogP contribution in [0.4, 0.5) is 14.5 Å². The molecule has 96 valence electrons. The van der Waals surface area contributed by atoms with Gasteiger partial charge in [-0.1, -0.05) is 0 Å². The van der Waals surface area contributed by atoms with Crippen LogP contribution in [-0.4, -0.2) is 27.9 Å². The third kappa shape index (κ3) is 3.69. The summed E-state index contributed by atoms with van der Waals surface area (Å²) in [6.07, 6.45) is -2.18. The predicted molar refractivity (Wildman–Crippen MR) is 64.8 cm³/mol. The number of halogens is 2. The molecule has 0 bridgehead atoms. The van der Waals surface area contributed by atoms with Crippen molar-refractivity contribution in [2.75, 3.05) is 11.1 Å². The maximum atomic E-state index is 12.3. The van der Waals surface area contributed by atoms with Crippen LogP contribution >= 0.6 is 12.6 Å². The van der Waals surface area contributed by atoms with Crippen LogP contribution in [0, 0.1) is 13.8 Å². The van der Waals surface area contributed by atoms with E-state index in [1.54, 1.807) is 13.8 Å². The van der Waals surface area contributed by atoms with E-state index < -0.39 is 13.0 Å². The topological polar surface area (TPSA) is 46.9 Å². The number of alkyl halides is 2. The number of nitrogens with zero attached hydrogens (tertiary/aromatic N) is 2. The lowest BCUT2D eigenvalue weighted by Crippen LogP contribution is -2.14. The minimum atomic E-state index is -2.46. The summed E-state index contributed by atoms with van der Waals surface area (Å²) in [5.41, 5.74) is 1.59. The van der Waals surface area contributed by atoms with E-state index in [-0.39, 0.29) is 12.3 Å². The summed E-state index contributed by atoms with van der Waals surface area (Å²) >= 11 is 3.95. The number of nitrogens with one attached hydrogen (secondary N) is 1. The average molecular weight is 263 g/mol. The van der Waals surface area contributed by atoms with Crippen LogP contribution in [0.1, 0.15) is 17.8 Å². The Balaban J connectivity index is 2.85. The van der Waals surface area contributed by atoms with Crippen LogP contribution < -0.4 is 5.32 Å². The van der Waals surface area contributed by atoms with E-state index in [1.807, 2.05) is 0 Å². The maximum Gasteiger partial charge on any atom is 0.257 e. The van der Waals surface area contributed by atoms with Crippen LogP contribution in [0.15, 0.2) is 0 Å². The zero-order valence-electron chi connectivity index (χ0n) is 9.70. The van der Waals surface area contributed by atoms with E-state index in [0.29, 0.717) is 22.8 Å². The molecule has 7 heteroatoms. The minimum Gasteiger partial charge on any atom is -0.323 e. The molecule has 0 aromatic carbocycles. The van der Waals surface area contributed by atoms with E-state index in [4.69, 9.17) is 0 Å². The Morgan fingerprint density at radius 3 is 2.71 bits per heavy atom. The normalized spacial score (nSPS) is 10.9. The highest BCUT2D eigenvalue weighted by molar-refractivity contribution is 7.80. The second-order valence-corrected chi connectivity index (χ2v) is 4.09. The van der Waals surface area contributed by atoms with Crippen molar-refractivity contribution < 1.29 is 13.6 Å². The molecular formula is C10H15F2N3OS. The zero-order chi connectivity index (χ0) is 13.0. The Kier molecular flexibility index (Phi) is 4.92. The molecule has 0 saturated carbocycles. The summed E-state index contributed by atoms with van der Waals surface area (Å²) in [6.45, 7) is 2.86. The number of thiol groups is 1. The molecule has 0 unspecified atom stereocenters. The van der Waals surface area contributed by atoms with Crippen molar-refractivity contribution in [3.05, 3.63) is 11.4 Å². The number of carbonyl (C=O) groups excluding carboxylic acids is 1. The molecule has 1 N–H and O–H groups in total. The first-order valence-electron chi connectivity index (χ1n) is 5.18. The lowest BCUT2D eigenvalue weighted by atomic mass is 10.3. The van der Waals surface area contributed by atoms with E-state index >= 15 is 0 Å². The quantitative estimate of drug-likeness (QED) is 0.798.